The minimum absolute atomic E-state index is 0.461. The lowest BCUT2D eigenvalue weighted by molar-refractivity contribution is -0.277. The number of aryl methyl sites for hydroxylation is 1. The second kappa shape index (κ2) is 6.52. The Kier molecular flexibility index (Phi) is 4.65. The summed E-state index contributed by atoms with van der Waals surface area (Å²) in [4.78, 5) is 0. The van der Waals surface area contributed by atoms with Crippen molar-refractivity contribution in [2.75, 3.05) is 6.61 Å². The van der Waals surface area contributed by atoms with E-state index >= 15 is 0 Å². The Morgan fingerprint density at radius 2 is 1.82 bits per heavy atom. The second-order valence-corrected chi connectivity index (χ2v) is 5.92. The van der Waals surface area contributed by atoms with E-state index in [0.717, 1.165) is 31.2 Å². The molecule has 1 heterocycles. The van der Waals surface area contributed by atoms with Crippen LogP contribution >= 0.6 is 0 Å². The molecule has 122 valence electrons. The fourth-order valence-electron chi connectivity index (χ4n) is 3.15. The van der Waals surface area contributed by atoms with E-state index in [9.17, 15) is 20.4 Å². The highest BCUT2D eigenvalue weighted by Crippen LogP contribution is 2.32. The van der Waals surface area contributed by atoms with Gasteiger partial charge in [0, 0.05) is 0 Å². The molecule has 22 heavy (non-hydrogen) atoms. The van der Waals surface area contributed by atoms with Crippen LogP contribution in [-0.2, 0) is 17.6 Å². The lowest BCUT2D eigenvalue weighted by Crippen LogP contribution is -2.60. The van der Waals surface area contributed by atoms with E-state index in [4.69, 9.17) is 9.47 Å². The molecule has 0 radical (unpaired) electrons. The number of rotatable bonds is 3. The van der Waals surface area contributed by atoms with Gasteiger partial charge in [0.1, 0.15) is 30.2 Å². The molecule has 0 saturated carbocycles. The van der Waals surface area contributed by atoms with Gasteiger partial charge in [-0.05, 0) is 42.9 Å². The summed E-state index contributed by atoms with van der Waals surface area (Å²) in [6, 6.07) is 5.77. The third-order valence-corrected chi connectivity index (χ3v) is 4.44. The van der Waals surface area contributed by atoms with Gasteiger partial charge in [-0.25, -0.2) is 0 Å². The molecule has 0 aromatic heterocycles. The first-order chi connectivity index (χ1) is 10.6. The van der Waals surface area contributed by atoms with Gasteiger partial charge in [-0.2, -0.15) is 0 Å². The van der Waals surface area contributed by atoms with Crippen LogP contribution in [0.4, 0.5) is 0 Å². The van der Waals surface area contributed by atoms with Gasteiger partial charge in [-0.1, -0.05) is 12.1 Å². The molecule has 1 aromatic rings. The van der Waals surface area contributed by atoms with Crippen LogP contribution in [0.2, 0.25) is 0 Å². The number of benzene rings is 1. The summed E-state index contributed by atoms with van der Waals surface area (Å²) in [5.74, 6) is 0.626. The third-order valence-electron chi connectivity index (χ3n) is 4.44. The van der Waals surface area contributed by atoms with Gasteiger partial charge >= 0.3 is 0 Å². The number of hydrogen-bond donors (Lipinski definition) is 4. The highest BCUT2D eigenvalue weighted by molar-refractivity contribution is 5.41. The predicted molar refractivity (Wildman–Crippen MR) is 77.5 cm³/mol. The Morgan fingerprint density at radius 1 is 1.05 bits per heavy atom. The quantitative estimate of drug-likeness (QED) is 0.614. The Labute approximate surface area is 128 Å². The number of aliphatic hydroxyl groups is 4. The minimum Gasteiger partial charge on any atom is -0.462 e. The molecule has 1 aliphatic carbocycles. The molecule has 6 nitrogen and oxygen atoms in total. The maximum absolute atomic E-state index is 10.0. The number of ether oxygens (including phenoxy) is 2. The van der Waals surface area contributed by atoms with Crippen molar-refractivity contribution in [2.45, 2.75) is 56.4 Å². The molecule has 5 atom stereocenters. The van der Waals surface area contributed by atoms with Crippen LogP contribution in [-0.4, -0.2) is 57.7 Å². The number of fused-ring (bicyclic) bond motifs is 1. The average molecular weight is 310 g/mol. The molecule has 3 rings (SSSR count). The van der Waals surface area contributed by atoms with Gasteiger partial charge in [-0.15, -0.1) is 0 Å². The van der Waals surface area contributed by atoms with Crippen LogP contribution in [0.5, 0.6) is 5.75 Å². The van der Waals surface area contributed by atoms with Crippen molar-refractivity contribution in [3.05, 3.63) is 29.3 Å². The Balaban J connectivity index is 1.80. The molecule has 0 spiro atoms. The molecule has 2 aliphatic rings. The fraction of sp³-hybridized carbons (Fsp3) is 0.625. The lowest BCUT2D eigenvalue weighted by Gasteiger charge is -2.40. The molecular weight excluding hydrogens is 288 g/mol. The average Bonchev–Trinajstić information content (AvgIpc) is 2.55. The SMILES string of the molecule is OC[C@H]1O[C@@H](Oc2cccc3c2CCCC3)[C@H](O)[C@@H](O)[C@@H]1O. The van der Waals surface area contributed by atoms with Crippen LogP contribution in [0, 0.1) is 0 Å². The van der Waals surface area contributed by atoms with Crippen LogP contribution in [0.15, 0.2) is 18.2 Å². The molecular formula is C16H22O6. The van der Waals surface area contributed by atoms with Crippen molar-refractivity contribution in [2.24, 2.45) is 0 Å². The van der Waals surface area contributed by atoms with E-state index in [1.54, 1.807) is 0 Å². The van der Waals surface area contributed by atoms with E-state index in [2.05, 4.69) is 6.07 Å². The Morgan fingerprint density at radius 3 is 2.59 bits per heavy atom. The van der Waals surface area contributed by atoms with Crippen LogP contribution in [0.3, 0.4) is 0 Å². The third kappa shape index (κ3) is 2.85. The summed E-state index contributed by atoms with van der Waals surface area (Å²) < 4.78 is 11.2. The summed E-state index contributed by atoms with van der Waals surface area (Å²) >= 11 is 0. The van der Waals surface area contributed by atoms with Crippen molar-refractivity contribution in [1.82, 2.24) is 0 Å². The largest absolute Gasteiger partial charge is 0.462 e. The van der Waals surface area contributed by atoms with Gasteiger partial charge < -0.3 is 29.9 Å². The summed E-state index contributed by atoms with van der Waals surface area (Å²) in [6.45, 7) is -0.461. The summed E-state index contributed by atoms with van der Waals surface area (Å²) in [6.07, 6.45) is -2.10. The van der Waals surface area contributed by atoms with E-state index < -0.39 is 37.3 Å². The van der Waals surface area contributed by atoms with Gasteiger partial charge in [0.05, 0.1) is 6.61 Å². The van der Waals surface area contributed by atoms with Crippen molar-refractivity contribution in [3.8, 4) is 5.75 Å². The van der Waals surface area contributed by atoms with E-state index in [-0.39, 0.29) is 0 Å². The zero-order valence-electron chi connectivity index (χ0n) is 12.3. The molecule has 1 fully saturated rings. The van der Waals surface area contributed by atoms with E-state index in [1.165, 1.54) is 5.56 Å². The molecule has 0 bridgehead atoms. The van der Waals surface area contributed by atoms with Crippen LogP contribution in [0.25, 0.3) is 0 Å². The smallest absolute Gasteiger partial charge is 0.229 e. The summed E-state index contributed by atoms with van der Waals surface area (Å²) in [7, 11) is 0. The lowest BCUT2D eigenvalue weighted by atomic mass is 9.91. The fourth-order valence-corrected chi connectivity index (χ4v) is 3.15. The normalized spacial score (nSPS) is 35.0. The first-order valence-corrected chi connectivity index (χ1v) is 7.69. The molecule has 0 unspecified atom stereocenters. The topological polar surface area (TPSA) is 99.4 Å². The Hall–Kier alpha value is -1.18. The maximum Gasteiger partial charge on any atom is 0.229 e. The monoisotopic (exact) mass is 310 g/mol. The van der Waals surface area contributed by atoms with Crippen LogP contribution in [0.1, 0.15) is 24.0 Å². The van der Waals surface area contributed by atoms with E-state index in [1.807, 2.05) is 12.1 Å². The van der Waals surface area contributed by atoms with Gasteiger partial charge in [0.2, 0.25) is 6.29 Å². The van der Waals surface area contributed by atoms with Crippen molar-refractivity contribution >= 4 is 0 Å². The highest BCUT2D eigenvalue weighted by atomic mass is 16.7. The summed E-state index contributed by atoms with van der Waals surface area (Å²) in [5.41, 5.74) is 2.33. The predicted octanol–water partition coefficient (Wildman–Crippen LogP) is -0.256. The zero-order chi connectivity index (χ0) is 15.7. The second-order valence-electron chi connectivity index (χ2n) is 5.92. The molecule has 4 N–H and O–H groups in total. The first-order valence-electron chi connectivity index (χ1n) is 7.69. The molecule has 0 amide bonds. The van der Waals surface area contributed by atoms with Crippen molar-refractivity contribution < 1.29 is 29.9 Å². The molecule has 1 aromatic carbocycles. The van der Waals surface area contributed by atoms with Crippen LogP contribution < -0.4 is 4.74 Å². The number of aliphatic hydroxyl groups excluding tert-OH is 4. The minimum atomic E-state index is -1.42. The van der Waals surface area contributed by atoms with Gasteiger partial charge in [-0.3, -0.25) is 0 Å². The summed E-state index contributed by atoms with van der Waals surface area (Å²) in [5, 5.41) is 38.8. The van der Waals surface area contributed by atoms with Crippen molar-refractivity contribution in [3.63, 3.8) is 0 Å². The van der Waals surface area contributed by atoms with Gasteiger partial charge in [0.15, 0.2) is 0 Å². The maximum atomic E-state index is 10.0. The Bertz CT molecular complexity index is 517. The van der Waals surface area contributed by atoms with Gasteiger partial charge in [0.25, 0.3) is 0 Å². The molecule has 1 saturated heterocycles. The molecule has 1 aliphatic heterocycles. The zero-order valence-corrected chi connectivity index (χ0v) is 12.3. The number of hydrogen-bond acceptors (Lipinski definition) is 6. The first kappa shape index (κ1) is 15.7. The van der Waals surface area contributed by atoms with E-state index in [0.29, 0.717) is 5.75 Å². The molecule has 6 heteroatoms. The van der Waals surface area contributed by atoms with Crippen molar-refractivity contribution in [1.29, 1.82) is 0 Å². The highest BCUT2D eigenvalue weighted by Gasteiger charge is 2.44. The standard InChI is InChI=1S/C16H22O6/c17-8-12-13(18)14(19)15(20)16(22-12)21-11-7-3-5-9-4-1-2-6-10(9)11/h3,5,7,12-20H,1-2,4,6,8H2/t12-,13-,14+,15-,16-/m1/s1.